The molecule has 1 amide bonds. The first-order chi connectivity index (χ1) is 15.9. The second-order valence-corrected chi connectivity index (χ2v) is 8.83. The SMILES string of the molecule is CC(OC(=O)N1CCN(Cc2cc(N3CCC(CO)CC3)cc(C(F)(F)F)c2)CC1)C(F)(F)F. The number of piperazine rings is 1. The van der Waals surface area contributed by atoms with Crippen LogP contribution in [0.25, 0.3) is 0 Å². The van der Waals surface area contributed by atoms with E-state index in [-0.39, 0.29) is 32.2 Å². The molecule has 0 bridgehead atoms. The second kappa shape index (κ2) is 10.6. The van der Waals surface area contributed by atoms with E-state index in [4.69, 9.17) is 0 Å². The maximum Gasteiger partial charge on any atom is 0.425 e. The van der Waals surface area contributed by atoms with E-state index in [0.717, 1.165) is 19.1 Å². The van der Waals surface area contributed by atoms with E-state index in [0.29, 0.717) is 50.3 Å². The number of piperidine rings is 1. The van der Waals surface area contributed by atoms with Crippen LogP contribution in [0.5, 0.6) is 0 Å². The minimum Gasteiger partial charge on any atom is -0.437 e. The van der Waals surface area contributed by atoms with Gasteiger partial charge >= 0.3 is 18.4 Å². The first kappa shape index (κ1) is 26.4. The molecule has 6 nitrogen and oxygen atoms in total. The number of ether oxygens (including phenoxy) is 1. The molecule has 2 fully saturated rings. The van der Waals surface area contributed by atoms with Crippen molar-refractivity contribution in [3.8, 4) is 0 Å². The molecule has 34 heavy (non-hydrogen) atoms. The quantitative estimate of drug-likeness (QED) is 0.621. The highest BCUT2D eigenvalue weighted by Gasteiger charge is 2.40. The molecule has 1 aromatic rings. The highest BCUT2D eigenvalue weighted by Crippen LogP contribution is 2.34. The Morgan fingerprint density at radius 1 is 1.03 bits per heavy atom. The van der Waals surface area contributed by atoms with Gasteiger partial charge in [0, 0.05) is 58.1 Å². The largest absolute Gasteiger partial charge is 0.437 e. The predicted octanol–water partition coefficient (Wildman–Crippen LogP) is 4.12. The van der Waals surface area contributed by atoms with Gasteiger partial charge in [-0.25, -0.2) is 4.79 Å². The average Bonchev–Trinajstić information content (AvgIpc) is 2.78. The Kier molecular flexibility index (Phi) is 8.22. The average molecular weight is 497 g/mol. The molecule has 2 aliphatic heterocycles. The van der Waals surface area contributed by atoms with E-state index in [1.165, 1.54) is 4.90 Å². The number of aliphatic hydroxyl groups is 1. The monoisotopic (exact) mass is 497 g/mol. The summed E-state index contributed by atoms with van der Waals surface area (Å²) in [5, 5.41) is 9.30. The Labute approximate surface area is 194 Å². The van der Waals surface area contributed by atoms with E-state index in [9.17, 15) is 36.2 Å². The van der Waals surface area contributed by atoms with E-state index in [1.54, 1.807) is 6.07 Å². The number of carbonyl (C=O) groups is 1. The Hall–Kier alpha value is -2.21. The second-order valence-electron chi connectivity index (χ2n) is 8.83. The predicted molar refractivity (Wildman–Crippen MR) is 112 cm³/mol. The zero-order valence-electron chi connectivity index (χ0n) is 18.8. The fourth-order valence-corrected chi connectivity index (χ4v) is 4.12. The molecule has 1 aromatic carbocycles. The summed E-state index contributed by atoms with van der Waals surface area (Å²) in [4.78, 5) is 16.9. The summed E-state index contributed by atoms with van der Waals surface area (Å²) in [5.41, 5.74) is 0.202. The van der Waals surface area contributed by atoms with E-state index < -0.39 is 30.1 Å². The van der Waals surface area contributed by atoms with Crippen molar-refractivity contribution in [2.75, 3.05) is 50.8 Å². The molecule has 2 heterocycles. The summed E-state index contributed by atoms with van der Waals surface area (Å²) in [6, 6.07) is 3.97. The molecule has 0 aromatic heterocycles. The fraction of sp³-hybridized carbons (Fsp3) is 0.682. The number of anilines is 1. The smallest absolute Gasteiger partial charge is 0.425 e. The normalized spacial score (nSPS) is 19.9. The van der Waals surface area contributed by atoms with Gasteiger partial charge in [-0.05, 0) is 49.4 Å². The molecule has 1 N–H and O–H groups in total. The van der Waals surface area contributed by atoms with Crippen LogP contribution in [0.3, 0.4) is 0 Å². The molecule has 12 heteroatoms. The van der Waals surface area contributed by atoms with Crippen molar-refractivity contribution in [1.29, 1.82) is 0 Å². The van der Waals surface area contributed by atoms with Crippen LogP contribution in [-0.4, -0.2) is 79.2 Å². The number of alkyl halides is 6. The number of rotatable bonds is 5. The van der Waals surface area contributed by atoms with Gasteiger partial charge in [0.15, 0.2) is 6.10 Å². The molecular formula is C22H29F6N3O3. The van der Waals surface area contributed by atoms with Crippen molar-refractivity contribution >= 4 is 11.8 Å². The molecular weight excluding hydrogens is 468 g/mol. The van der Waals surface area contributed by atoms with Crippen LogP contribution < -0.4 is 4.90 Å². The third kappa shape index (κ3) is 6.91. The van der Waals surface area contributed by atoms with Crippen molar-refractivity contribution in [2.45, 2.75) is 44.8 Å². The molecule has 0 saturated carbocycles. The highest BCUT2D eigenvalue weighted by atomic mass is 19.4. The summed E-state index contributed by atoms with van der Waals surface area (Å²) in [7, 11) is 0. The number of carbonyl (C=O) groups excluding carboxylic acids is 1. The molecule has 1 unspecified atom stereocenters. The van der Waals surface area contributed by atoms with Crippen molar-refractivity contribution in [1.82, 2.24) is 9.80 Å². The summed E-state index contributed by atoms with van der Waals surface area (Å²) in [5.74, 6) is 0.156. The lowest BCUT2D eigenvalue weighted by atomic mass is 9.97. The van der Waals surface area contributed by atoms with E-state index >= 15 is 0 Å². The van der Waals surface area contributed by atoms with Gasteiger partial charge in [-0.1, -0.05) is 0 Å². The number of aliphatic hydroxyl groups excluding tert-OH is 1. The maximum absolute atomic E-state index is 13.5. The molecule has 192 valence electrons. The van der Waals surface area contributed by atoms with Gasteiger partial charge in [-0.3, -0.25) is 4.90 Å². The first-order valence-corrected chi connectivity index (χ1v) is 11.2. The summed E-state index contributed by atoms with van der Waals surface area (Å²) in [6.07, 6.45) is -11.0. The minimum atomic E-state index is -4.65. The van der Waals surface area contributed by atoms with Crippen molar-refractivity contribution in [3.63, 3.8) is 0 Å². The number of benzene rings is 1. The van der Waals surface area contributed by atoms with Crippen LogP contribution in [0.1, 0.15) is 30.9 Å². The number of nitrogens with zero attached hydrogens (tertiary/aromatic N) is 3. The van der Waals surface area contributed by atoms with Crippen LogP contribution in [-0.2, 0) is 17.5 Å². The van der Waals surface area contributed by atoms with Gasteiger partial charge in [-0.2, -0.15) is 26.3 Å². The summed E-state index contributed by atoms with van der Waals surface area (Å²) < 4.78 is 82.9. The standard InChI is InChI=1S/C22H29F6N3O3/c1-15(21(23,24)25)34-20(33)31-8-6-29(7-9-31)13-17-10-18(22(26,27)28)12-19(11-17)30-4-2-16(14-32)3-5-30/h10-12,15-16,32H,2-9,13-14H2,1H3. The number of amides is 1. The Morgan fingerprint density at radius 3 is 2.18 bits per heavy atom. The van der Waals surface area contributed by atoms with Crippen molar-refractivity contribution in [2.24, 2.45) is 5.92 Å². The van der Waals surface area contributed by atoms with Crippen LogP contribution in [0.4, 0.5) is 36.8 Å². The summed E-state index contributed by atoms with van der Waals surface area (Å²) in [6.45, 7) is 2.97. The fourth-order valence-electron chi connectivity index (χ4n) is 4.12. The Bertz CT molecular complexity index is 832. The lowest BCUT2D eigenvalue weighted by molar-refractivity contribution is -0.200. The van der Waals surface area contributed by atoms with Crippen LogP contribution >= 0.6 is 0 Å². The van der Waals surface area contributed by atoms with Crippen LogP contribution in [0, 0.1) is 5.92 Å². The maximum atomic E-state index is 13.5. The summed E-state index contributed by atoms with van der Waals surface area (Å²) >= 11 is 0. The van der Waals surface area contributed by atoms with E-state index in [2.05, 4.69) is 4.74 Å². The third-order valence-electron chi connectivity index (χ3n) is 6.32. The Morgan fingerprint density at radius 2 is 1.65 bits per heavy atom. The van der Waals surface area contributed by atoms with Gasteiger partial charge in [0.05, 0.1) is 5.56 Å². The van der Waals surface area contributed by atoms with Crippen LogP contribution in [0.2, 0.25) is 0 Å². The number of hydrogen-bond donors (Lipinski definition) is 1. The minimum absolute atomic E-state index is 0.0658. The highest BCUT2D eigenvalue weighted by molar-refractivity contribution is 5.68. The molecule has 0 aliphatic carbocycles. The topological polar surface area (TPSA) is 56.2 Å². The zero-order chi connectivity index (χ0) is 25.1. The van der Waals surface area contributed by atoms with Crippen LogP contribution in [0.15, 0.2) is 18.2 Å². The first-order valence-electron chi connectivity index (χ1n) is 11.2. The Balaban J connectivity index is 1.63. The van der Waals surface area contributed by atoms with Gasteiger partial charge in [-0.15, -0.1) is 0 Å². The van der Waals surface area contributed by atoms with Gasteiger partial charge in [0.25, 0.3) is 0 Å². The molecule has 0 spiro atoms. The molecule has 0 radical (unpaired) electrons. The third-order valence-corrected chi connectivity index (χ3v) is 6.32. The van der Waals surface area contributed by atoms with Gasteiger partial charge < -0.3 is 19.6 Å². The number of hydrogen-bond acceptors (Lipinski definition) is 5. The molecule has 2 aliphatic rings. The molecule has 1 atom stereocenters. The lowest BCUT2D eigenvalue weighted by Gasteiger charge is -2.35. The molecule has 2 saturated heterocycles. The van der Waals surface area contributed by atoms with E-state index in [1.807, 2.05) is 9.80 Å². The number of halogens is 6. The van der Waals surface area contributed by atoms with Crippen molar-refractivity contribution in [3.05, 3.63) is 29.3 Å². The van der Waals surface area contributed by atoms with Crippen molar-refractivity contribution < 1.29 is 41.0 Å². The molecule has 3 rings (SSSR count). The van der Waals surface area contributed by atoms with Gasteiger partial charge in [0.1, 0.15) is 0 Å². The zero-order valence-corrected chi connectivity index (χ0v) is 18.8. The lowest BCUT2D eigenvalue weighted by Crippen LogP contribution is -2.49. The van der Waals surface area contributed by atoms with Gasteiger partial charge in [0.2, 0.25) is 0 Å².